The second-order valence-corrected chi connectivity index (χ2v) is 8.94. The Hall–Kier alpha value is 0.514. The molecule has 0 aromatic heterocycles. The zero-order valence-corrected chi connectivity index (χ0v) is 10.7. The van der Waals surface area contributed by atoms with E-state index in [4.69, 9.17) is 23.8 Å². The Balaban J connectivity index is 3.79. The van der Waals surface area contributed by atoms with E-state index < -0.39 is 17.4 Å². The maximum atomic E-state index is 5.74. The van der Waals surface area contributed by atoms with E-state index in [1.807, 2.05) is 0 Å². The molecule has 86 valence electrons. The summed E-state index contributed by atoms with van der Waals surface area (Å²) >= 11 is -2.55. The van der Waals surface area contributed by atoms with Crippen LogP contribution in [0.4, 0.5) is 0 Å². The third-order valence-electron chi connectivity index (χ3n) is 2.12. The molecule has 0 amide bonds. The van der Waals surface area contributed by atoms with Crippen LogP contribution in [0, 0.1) is 0 Å². The zero-order chi connectivity index (χ0) is 11.0. The van der Waals surface area contributed by atoms with Crippen molar-refractivity contribution < 1.29 is 24.0 Å². The van der Waals surface area contributed by atoms with E-state index in [-0.39, 0.29) is 6.17 Å². The van der Waals surface area contributed by atoms with Crippen molar-refractivity contribution in [1.29, 1.82) is 0 Å². The molecule has 6 heteroatoms. The molecule has 0 aliphatic rings. The van der Waals surface area contributed by atoms with E-state index in [9.17, 15) is 0 Å². The fourth-order valence-electron chi connectivity index (χ4n) is 1.03. The molecule has 5 nitrogen and oxygen atoms in total. The van der Waals surface area contributed by atoms with E-state index >= 15 is 0 Å². The van der Waals surface area contributed by atoms with Crippen LogP contribution in [-0.2, 0) is 24.0 Å². The molecule has 0 aliphatic carbocycles. The van der Waals surface area contributed by atoms with Crippen molar-refractivity contribution >= 4 is 0 Å². The zero-order valence-electron chi connectivity index (χ0n) is 9.16. The molecule has 0 bridgehead atoms. The van der Waals surface area contributed by atoms with Gasteiger partial charge in [-0.3, -0.25) is 0 Å². The van der Waals surface area contributed by atoms with Gasteiger partial charge < -0.3 is 0 Å². The van der Waals surface area contributed by atoms with Gasteiger partial charge in [0.05, 0.1) is 0 Å². The molecular formula is C8H23N3O2Ti. The molecule has 0 aromatic rings. The Bertz CT molecular complexity index is 149. The van der Waals surface area contributed by atoms with Gasteiger partial charge in [0.15, 0.2) is 0 Å². The molecule has 1 atom stereocenters. The molecule has 1 unspecified atom stereocenters. The van der Waals surface area contributed by atoms with Crippen LogP contribution >= 0.6 is 0 Å². The van der Waals surface area contributed by atoms with Gasteiger partial charge in [0.2, 0.25) is 0 Å². The first kappa shape index (κ1) is 14.5. The molecule has 0 spiro atoms. The van der Waals surface area contributed by atoms with Gasteiger partial charge in [-0.05, 0) is 0 Å². The minimum absolute atomic E-state index is 0.270. The first-order chi connectivity index (χ1) is 6.54. The Morgan fingerprint density at radius 2 is 2.00 bits per heavy atom. The Morgan fingerprint density at radius 1 is 1.36 bits per heavy atom. The topological polar surface area (TPSA) is 96.5 Å². The van der Waals surface area contributed by atoms with Crippen molar-refractivity contribution in [2.45, 2.75) is 29.0 Å². The summed E-state index contributed by atoms with van der Waals surface area (Å²) in [6.45, 7) is 1.33. The molecule has 0 radical (unpaired) electrons. The summed E-state index contributed by atoms with van der Waals surface area (Å²) in [5.41, 5.74) is 16.4. The summed E-state index contributed by atoms with van der Waals surface area (Å²) in [4.78, 5) is 0. The molecule has 0 aromatic carbocycles. The average Bonchev–Trinajstić information content (AvgIpc) is 2.15. The summed E-state index contributed by atoms with van der Waals surface area (Å²) in [7, 11) is 1.70. The predicted molar refractivity (Wildman–Crippen MR) is 54.1 cm³/mol. The van der Waals surface area contributed by atoms with Crippen LogP contribution in [0.2, 0.25) is 9.95 Å². The summed E-state index contributed by atoms with van der Waals surface area (Å²) in [5, 5.41) is 2.07. The maximum absolute atomic E-state index is 5.74. The van der Waals surface area contributed by atoms with E-state index in [0.29, 0.717) is 13.2 Å². The predicted octanol–water partition coefficient (Wildman–Crippen LogP) is 0.0821. The standard InChI is InChI=1S/C3H9N2.C3H8NO.CH3O.CH3.Ti/c1-2-3(4)5;4-2-1-3-5;1-2;;/h3H,1-2,4-5H2;1-4H2;1H3;1H3;/q;2*-1;;+2. The van der Waals surface area contributed by atoms with Gasteiger partial charge in [-0.2, -0.15) is 0 Å². The van der Waals surface area contributed by atoms with E-state index in [1.54, 1.807) is 7.11 Å². The third kappa shape index (κ3) is 6.89. The molecule has 0 rings (SSSR count). The molecule has 6 N–H and O–H groups in total. The van der Waals surface area contributed by atoms with E-state index in [1.165, 1.54) is 0 Å². The first-order valence-electron chi connectivity index (χ1n) is 4.94. The van der Waals surface area contributed by atoms with Crippen molar-refractivity contribution in [3.05, 3.63) is 0 Å². The van der Waals surface area contributed by atoms with Gasteiger partial charge in [-0.15, -0.1) is 0 Å². The normalized spacial score (nSPS) is 15.9. The van der Waals surface area contributed by atoms with Crippen molar-refractivity contribution in [3.63, 3.8) is 0 Å². The van der Waals surface area contributed by atoms with Crippen LogP contribution in [0.15, 0.2) is 0 Å². The second-order valence-electron chi connectivity index (χ2n) is 3.53. The van der Waals surface area contributed by atoms with Gasteiger partial charge in [-0.1, -0.05) is 0 Å². The summed E-state index contributed by atoms with van der Waals surface area (Å²) < 4.78 is 12.1. The molecule has 0 fully saturated rings. The summed E-state index contributed by atoms with van der Waals surface area (Å²) in [6.07, 6.45) is 1.36. The average molecular weight is 241 g/mol. The first-order valence-corrected chi connectivity index (χ1v) is 8.88. The van der Waals surface area contributed by atoms with Crippen LogP contribution in [0.5, 0.6) is 0 Å². The van der Waals surface area contributed by atoms with E-state index in [2.05, 4.69) is 5.23 Å². The Labute approximate surface area is 90.6 Å². The van der Waals surface area contributed by atoms with Crippen LogP contribution in [0.25, 0.3) is 0 Å². The second kappa shape index (κ2) is 7.76. The molecule has 14 heavy (non-hydrogen) atoms. The van der Waals surface area contributed by atoms with Gasteiger partial charge in [-0.25, -0.2) is 0 Å². The van der Waals surface area contributed by atoms with Crippen LogP contribution in [-0.4, -0.2) is 26.4 Å². The van der Waals surface area contributed by atoms with E-state index in [0.717, 1.165) is 17.6 Å². The van der Waals surface area contributed by atoms with Crippen molar-refractivity contribution in [3.8, 4) is 0 Å². The Morgan fingerprint density at radius 3 is 2.43 bits per heavy atom. The van der Waals surface area contributed by atoms with Gasteiger partial charge in [0.25, 0.3) is 0 Å². The monoisotopic (exact) mass is 241 g/mol. The van der Waals surface area contributed by atoms with Crippen LogP contribution < -0.4 is 17.2 Å². The van der Waals surface area contributed by atoms with Crippen LogP contribution in [0.1, 0.15) is 12.8 Å². The number of rotatable bonds is 8. The van der Waals surface area contributed by atoms with Gasteiger partial charge in [0, 0.05) is 0 Å². The number of hydrogen-bond donors (Lipinski definition) is 3. The van der Waals surface area contributed by atoms with Crippen molar-refractivity contribution in [1.82, 2.24) is 0 Å². The fourth-order valence-corrected chi connectivity index (χ4v) is 4.00. The molecule has 0 aliphatic heterocycles. The molecular weight excluding hydrogens is 218 g/mol. The number of nitrogens with two attached hydrogens (primary N) is 3. The SMILES string of the molecule is C[O][Ti]([CH3])([CH2]CC(N)N)[O]CCCN. The summed E-state index contributed by atoms with van der Waals surface area (Å²) in [5.74, 6) is 0. The van der Waals surface area contributed by atoms with Gasteiger partial charge in [0.1, 0.15) is 0 Å². The Kier molecular flexibility index (Phi) is 8.05. The minimum atomic E-state index is -2.55. The van der Waals surface area contributed by atoms with Gasteiger partial charge >= 0.3 is 90.4 Å². The molecule has 0 saturated heterocycles. The third-order valence-corrected chi connectivity index (χ3v) is 6.61. The number of hydrogen-bond acceptors (Lipinski definition) is 5. The van der Waals surface area contributed by atoms with Crippen LogP contribution in [0.3, 0.4) is 0 Å². The van der Waals surface area contributed by atoms with Crippen molar-refractivity contribution in [2.24, 2.45) is 17.2 Å². The quantitative estimate of drug-likeness (QED) is 0.318. The molecule has 0 heterocycles. The summed E-state index contributed by atoms with van der Waals surface area (Å²) in [6, 6.07) is 0. The molecule has 0 saturated carbocycles. The fraction of sp³-hybridized carbons (Fsp3) is 1.00. The van der Waals surface area contributed by atoms with Crippen molar-refractivity contribution in [2.75, 3.05) is 20.3 Å².